The van der Waals surface area contributed by atoms with Crippen LogP contribution in [0.5, 0.6) is 0 Å². The third-order valence-electron chi connectivity index (χ3n) is 4.61. The molecular formula is C16H27F2N3. The Morgan fingerprint density at radius 2 is 1.57 bits per heavy atom. The molecule has 21 heavy (non-hydrogen) atoms. The SMILES string of the molecule is CCN(CC)C(CC)(CC)C(NN)c1c(F)cccc1F. The van der Waals surface area contributed by atoms with Crippen molar-refractivity contribution in [3.8, 4) is 0 Å². The van der Waals surface area contributed by atoms with Crippen LogP contribution in [0.25, 0.3) is 0 Å². The first kappa shape index (κ1) is 18.0. The molecule has 120 valence electrons. The van der Waals surface area contributed by atoms with Crippen LogP contribution in [0.15, 0.2) is 18.2 Å². The Labute approximate surface area is 126 Å². The second-order valence-corrected chi connectivity index (χ2v) is 5.22. The number of hydrogen-bond acceptors (Lipinski definition) is 3. The first-order valence-corrected chi connectivity index (χ1v) is 7.67. The highest BCUT2D eigenvalue weighted by atomic mass is 19.1. The van der Waals surface area contributed by atoms with Gasteiger partial charge >= 0.3 is 0 Å². The van der Waals surface area contributed by atoms with Crippen LogP contribution >= 0.6 is 0 Å². The fraction of sp³-hybridized carbons (Fsp3) is 0.625. The van der Waals surface area contributed by atoms with E-state index >= 15 is 0 Å². The van der Waals surface area contributed by atoms with Crippen molar-refractivity contribution in [1.29, 1.82) is 0 Å². The van der Waals surface area contributed by atoms with E-state index in [4.69, 9.17) is 5.84 Å². The Hall–Kier alpha value is -1.04. The standard InChI is InChI=1S/C16H27F2N3/c1-5-16(6-2,21(7-3)8-4)15(20-19)14-12(17)10-9-11-13(14)18/h9-11,15,20H,5-8,19H2,1-4H3. The van der Waals surface area contributed by atoms with Gasteiger partial charge in [-0.25, -0.2) is 8.78 Å². The summed E-state index contributed by atoms with van der Waals surface area (Å²) in [4.78, 5) is 2.23. The topological polar surface area (TPSA) is 41.3 Å². The maximum atomic E-state index is 14.2. The van der Waals surface area contributed by atoms with Crippen molar-refractivity contribution in [2.75, 3.05) is 13.1 Å². The van der Waals surface area contributed by atoms with Gasteiger partial charge in [-0.3, -0.25) is 16.2 Å². The number of halogens is 2. The van der Waals surface area contributed by atoms with Crippen LogP contribution in [0.4, 0.5) is 8.78 Å². The predicted molar refractivity (Wildman–Crippen MR) is 82.7 cm³/mol. The largest absolute Gasteiger partial charge is 0.296 e. The number of nitrogens with two attached hydrogens (primary N) is 1. The van der Waals surface area contributed by atoms with Crippen LogP contribution in [-0.4, -0.2) is 23.5 Å². The molecule has 0 heterocycles. The molecule has 1 atom stereocenters. The van der Waals surface area contributed by atoms with Gasteiger partial charge in [0.05, 0.1) is 6.04 Å². The predicted octanol–water partition coefficient (Wildman–Crippen LogP) is 3.37. The minimum atomic E-state index is -0.603. The molecule has 0 aromatic heterocycles. The minimum Gasteiger partial charge on any atom is -0.296 e. The van der Waals surface area contributed by atoms with Crippen molar-refractivity contribution in [2.24, 2.45) is 5.84 Å². The zero-order valence-corrected chi connectivity index (χ0v) is 13.4. The Morgan fingerprint density at radius 1 is 1.10 bits per heavy atom. The van der Waals surface area contributed by atoms with Gasteiger partial charge in [-0.15, -0.1) is 0 Å². The normalized spacial score (nSPS) is 13.7. The summed E-state index contributed by atoms with van der Waals surface area (Å²) in [6, 6.07) is 3.33. The van der Waals surface area contributed by atoms with Gasteiger partial charge in [-0.1, -0.05) is 33.8 Å². The molecule has 1 aromatic rings. The molecule has 1 unspecified atom stereocenters. The fourth-order valence-electron chi connectivity index (χ4n) is 3.44. The van der Waals surface area contributed by atoms with E-state index in [2.05, 4.69) is 24.2 Å². The molecule has 3 N–H and O–H groups in total. The summed E-state index contributed by atoms with van der Waals surface area (Å²) >= 11 is 0. The number of nitrogens with zero attached hydrogens (tertiary/aromatic N) is 1. The molecule has 0 aliphatic heterocycles. The molecule has 0 aliphatic carbocycles. The maximum Gasteiger partial charge on any atom is 0.131 e. The summed E-state index contributed by atoms with van der Waals surface area (Å²) in [5.41, 5.74) is 2.26. The Morgan fingerprint density at radius 3 is 1.90 bits per heavy atom. The van der Waals surface area contributed by atoms with Crippen LogP contribution in [0.2, 0.25) is 0 Å². The molecule has 1 aromatic carbocycles. The molecule has 5 heteroatoms. The van der Waals surface area contributed by atoms with Crippen LogP contribution < -0.4 is 11.3 Å². The van der Waals surface area contributed by atoms with E-state index in [0.29, 0.717) is 0 Å². The molecule has 0 radical (unpaired) electrons. The van der Waals surface area contributed by atoms with Crippen LogP contribution in [0, 0.1) is 11.6 Å². The van der Waals surface area contributed by atoms with Crippen molar-refractivity contribution in [3.63, 3.8) is 0 Å². The summed E-state index contributed by atoms with van der Waals surface area (Å²) in [5, 5.41) is 0. The highest BCUT2D eigenvalue weighted by Gasteiger charge is 2.42. The lowest BCUT2D eigenvalue weighted by atomic mass is 9.79. The number of hydrazine groups is 1. The number of hydrogen-bond donors (Lipinski definition) is 2. The second-order valence-electron chi connectivity index (χ2n) is 5.22. The molecule has 1 rings (SSSR count). The highest BCUT2D eigenvalue weighted by Crippen LogP contribution is 2.38. The highest BCUT2D eigenvalue weighted by molar-refractivity contribution is 5.27. The van der Waals surface area contributed by atoms with Gasteiger partial charge in [0, 0.05) is 11.1 Å². The summed E-state index contributed by atoms with van der Waals surface area (Å²) in [6.45, 7) is 9.76. The Bertz CT molecular complexity index is 423. The van der Waals surface area contributed by atoms with E-state index in [-0.39, 0.29) is 5.56 Å². The lowest BCUT2D eigenvalue weighted by molar-refractivity contribution is 0.0461. The zero-order chi connectivity index (χ0) is 16.0. The van der Waals surface area contributed by atoms with E-state index in [0.717, 1.165) is 25.9 Å². The van der Waals surface area contributed by atoms with Gasteiger partial charge in [0.2, 0.25) is 0 Å². The smallest absolute Gasteiger partial charge is 0.131 e. The van der Waals surface area contributed by atoms with Gasteiger partial charge < -0.3 is 0 Å². The molecule has 0 aliphatic rings. The van der Waals surface area contributed by atoms with Crippen molar-refractivity contribution in [1.82, 2.24) is 10.3 Å². The van der Waals surface area contributed by atoms with E-state index in [1.54, 1.807) is 0 Å². The van der Waals surface area contributed by atoms with E-state index in [1.807, 2.05) is 13.8 Å². The van der Waals surface area contributed by atoms with Crippen LogP contribution in [0.1, 0.15) is 52.1 Å². The first-order chi connectivity index (χ1) is 10.0. The van der Waals surface area contributed by atoms with Crippen molar-refractivity contribution in [2.45, 2.75) is 52.1 Å². The number of nitrogens with one attached hydrogen (secondary N) is 1. The van der Waals surface area contributed by atoms with Gasteiger partial charge in [0.25, 0.3) is 0 Å². The van der Waals surface area contributed by atoms with Gasteiger partial charge in [0.1, 0.15) is 11.6 Å². The monoisotopic (exact) mass is 299 g/mol. The summed E-state index contributed by atoms with van der Waals surface area (Å²) in [6.07, 6.45) is 1.49. The van der Waals surface area contributed by atoms with Crippen molar-refractivity contribution < 1.29 is 8.78 Å². The lowest BCUT2D eigenvalue weighted by Gasteiger charge is -2.47. The minimum absolute atomic E-state index is 0.0237. The molecule has 0 fully saturated rings. The summed E-state index contributed by atoms with van der Waals surface area (Å²) < 4.78 is 28.4. The first-order valence-electron chi connectivity index (χ1n) is 7.67. The second kappa shape index (κ2) is 7.82. The number of benzene rings is 1. The van der Waals surface area contributed by atoms with Gasteiger partial charge in [-0.05, 0) is 38.1 Å². The number of rotatable bonds is 8. The molecule has 0 bridgehead atoms. The molecule has 0 saturated heterocycles. The average Bonchev–Trinajstić information content (AvgIpc) is 2.49. The van der Waals surface area contributed by atoms with Gasteiger partial charge in [0.15, 0.2) is 0 Å². The molecular weight excluding hydrogens is 272 g/mol. The lowest BCUT2D eigenvalue weighted by Crippen LogP contribution is -2.57. The van der Waals surface area contributed by atoms with E-state index in [1.165, 1.54) is 18.2 Å². The van der Waals surface area contributed by atoms with Crippen LogP contribution in [-0.2, 0) is 0 Å². The maximum absolute atomic E-state index is 14.2. The third kappa shape index (κ3) is 3.25. The molecule has 3 nitrogen and oxygen atoms in total. The summed E-state index contributed by atoms with van der Waals surface area (Å²) in [5.74, 6) is 4.60. The molecule has 0 saturated carbocycles. The number of likely N-dealkylation sites (N-methyl/N-ethyl adjacent to an activating group) is 1. The third-order valence-corrected chi connectivity index (χ3v) is 4.61. The quantitative estimate of drug-likeness (QED) is 0.571. The molecule has 0 amide bonds. The van der Waals surface area contributed by atoms with Crippen molar-refractivity contribution >= 4 is 0 Å². The summed E-state index contributed by atoms with van der Waals surface area (Å²) in [7, 11) is 0. The van der Waals surface area contributed by atoms with Crippen LogP contribution in [0.3, 0.4) is 0 Å². The molecule has 0 spiro atoms. The van der Waals surface area contributed by atoms with Gasteiger partial charge in [-0.2, -0.15) is 0 Å². The Balaban J connectivity index is 3.45. The van der Waals surface area contributed by atoms with E-state index < -0.39 is 23.2 Å². The van der Waals surface area contributed by atoms with E-state index in [9.17, 15) is 8.78 Å². The van der Waals surface area contributed by atoms with Crippen molar-refractivity contribution in [3.05, 3.63) is 35.4 Å². The fourth-order valence-corrected chi connectivity index (χ4v) is 3.44. The average molecular weight is 299 g/mol. The zero-order valence-electron chi connectivity index (χ0n) is 13.4. The Kier molecular flexibility index (Phi) is 6.71.